The van der Waals surface area contributed by atoms with Gasteiger partial charge in [-0.15, -0.1) is 0 Å². The molecule has 0 saturated heterocycles. The molecule has 0 fully saturated rings. The molecule has 0 heterocycles. The van der Waals surface area contributed by atoms with E-state index in [1.54, 1.807) is 18.2 Å². The molecule has 0 bridgehead atoms. The van der Waals surface area contributed by atoms with E-state index < -0.39 is 9.84 Å². The second-order valence-corrected chi connectivity index (χ2v) is 5.96. The predicted molar refractivity (Wildman–Crippen MR) is 72.6 cm³/mol. The lowest BCUT2D eigenvalue weighted by Gasteiger charge is -2.08. The number of nitrogens with one attached hydrogen (secondary N) is 2. The van der Waals surface area contributed by atoms with Crippen LogP contribution in [-0.4, -0.2) is 45.5 Å². The molecule has 18 heavy (non-hydrogen) atoms. The Labute approximate surface area is 108 Å². The third-order valence-electron chi connectivity index (χ3n) is 2.41. The van der Waals surface area contributed by atoms with Crippen molar-refractivity contribution in [3.63, 3.8) is 0 Å². The standard InChI is InChI=1S/C12H20N2O3S/c1-2-14-11-4-3-5-12(10-11)18(16,17)9-7-13-6-8-15/h3-5,10,13-15H,2,6-9H2,1H3. The van der Waals surface area contributed by atoms with Crippen molar-refractivity contribution in [2.45, 2.75) is 11.8 Å². The summed E-state index contributed by atoms with van der Waals surface area (Å²) in [6, 6.07) is 6.81. The largest absolute Gasteiger partial charge is 0.395 e. The molecule has 1 aromatic carbocycles. The van der Waals surface area contributed by atoms with Crippen LogP contribution in [0.15, 0.2) is 29.2 Å². The lowest BCUT2D eigenvalue weighted by atomic mass is 10.3. The van der Waals surface area contributed by atoms with E-state index in [2.05, 4.69) is 10.6 Å². The van der Waals surface area contributed by atoms with Crippen molar-refractivity contribution in [3.8, 4) is 0 Å². The zero-order valence-electron chi connectivity index (χ0n) is 10.5. The van der Waals surface area contributed by atoms with Crippen LogP contribution >= 0.6 is 0 Å². The fourth-order valence-corrected chi connectivity index (χ4v) is 2.77. The van der Waals surface area contributed by atoms with E-state index >= 15 is 0 Å². The van der Waals surface area contributed by atoms with E-state index in [1.807, 2.05) is 13.0 Å². The maximum Gasteiger partial charge on any atom is 0.179 e. The van der Waals surface area contributed by atoms with Crippen molar-refractivity contribution in [2.24, 2.45) is 0 Å². The quantitative estimate of drug-likeness (QED) is 0.600. The average Bonchev–Trinajstić information content (AvgIpc) is 2.36. The van der Waals surface area contributed by atoms with Gasteiger partial charge in [0.25, 0.3) is 0 Å². The number of hydrogen-bond donors (Lipinski definition) is 3. The number of rotatable bonds is 8. The summed E-state index contributed by atoms with van der Waals surface area (Å²) in [7, 11) is -3.27. The second kappa shape index (κ2) is 7.35. The van der Waals surface area contributed by atoms with Crippen LogP contribution in [0, 0.1) is 0 Å². The van der Waals surface area contributed by atoms with Gasteiger partial charge < -0.3 is 15.7 Å². The van der Waals surface area contributed by atoms with Crippen molar-refractivity contribution in [3.05, 3.63) is 24.3 Å². The first-order valence-electron chi connectivity index (χ1n) is 5.98. The van der Waals surface area contributed by atoms with Crippen molar-refractivity contribution in [1.29, 1.82) is 0 Å². The zero-order valence-corrected chi connectivity index (χ0v) is 11.3. The smallest absolute Gasteiger partial charge is 0.179 e. The SMILES string of the molecule is CCNc1cccc(S(=O)(=O)CCNCCO)c1. The number of aliphatic hydroxyl groups is 1. The van der Waals surface area contributed by atoms with Gasteiger partial charge in [-0.25, -0.2) is 8.42 Å². The number of aliphatic hydroxyl groups excluding tert-OH is 1. The summed E-state index contributed by atoms with van der Waals surface area (Å²) in [5.74, 6) is 0.0303. The molecular weight excluding hydrogens is 252 g/mol. The third-order valence-corrected chi connectivity index (χ3v) is 4.12. The molecule has 5 nitrogen and oxygen atoms in total. The zero-order chi connectivity index (χ0) is 13.4. The topological polar surface area (TPSA) is 78.4 Å². The van der Waals surface area contributed by atoms with Gasteiger partial charge in [0.15, 0.2) is 9.84 Å². The molecule has 0 aliphatic carbocycles. The number of benzene rings is 1. The van der Waals surface area contributed by atoms with E-state index in [0.717, 1.165) is 12.2 Å². The van der Waals surface area contributed by atoms with Crippen LogP contribution in [0.25, 0.3) is 0 Å². The van der Waals surface area contributed by atoms with Gasteiger partial charge in [-0.2, -0.15) is 0 Å². The fourth-order valence-electron chi connectivity index (χ4n) is 1.53. The number of anilines is 1. The van der Waals surface area contributed by atoms with E-state index in [9.17, 15) is 8.42 Å². The first kappa shape index (κ1) is 14.9. The molecule has 6 heteroatoms. The molecule has 1 rings (SSSR count). The van der Waals surface area contributed by atoms with Gasteiger partial charge in [0.05, 0.1) is 17.3 Å². The normalized spacial score (nSPS) is 11.4. The van der Waals surface area contributed by atoms with Crippen molar-refractivity contribution >= 4 is 15.5 Å². The molecule has 0 unspecified atom stereocenters. The van der Waals surface area contributed by atoms with Crippen LogP contribution in [0.5, 0.6) is 0 Å². The second-order valence-electron chi connectivity index (χ2n) is 3.85. The van der Waals surface area contributed by atoms with Gasteiger partial charge in [-0.05, 0) is 25.1 Å². The summed E-state index contributed by atoms with van der Waals surface area (Å²) in [5.41, 5.74) is 0.807. The molecule has 0 aliphatic rings. The molecular formula is C12H20N2O3S. The molecule has 1 aromatic rings. The first-order chi connectivity index (χ1) is 8.60. The van der Waals surface area contributed by atoms with Gasteiger partial charge in [0.1, 0.15) is 0 Å². The maximum absolute atomic E-state index is 12.0. The highest BCUT2D eigenvalue weighted by Gasteiger charge is 2.13. The highest BCUT2D eigenvalue weighted by molar-refractivity contribution is 7.91. The minimum atomic E-state index is -3.27. The minimum absolute atomic E-state index is 0.00987. The maximum atomic E-state index is 12.0. The molecule has 102 valence electrons. The number of sulfone groups is 1. The molecule has 3 N–H and O–H groups in total. The number of hydrogen-bond acceptors (Lipinski definition) is 5. The van der Waals surface area contributed by atoms with Gasteiger partial charge in [0, 0.05) is 25.3 Å². The molecule has 0 aromatic heterocycles. The van der Waals surface area contributed by atoms with Crippen molar-refractivity contribution < 1.29 is 13.5 Å². The van der Waals surface area contributed by atoms with E-state index in [1.165, 1.54) is 0 Å². The molecule has 0 atom stereocenters. The Morgan fingerprint density at radius 3 is 2.72 bits per heavy atom. The van der Waals surface area contributed by atoms with Crippen LogP contribution < -0.4 is 10.6 Å². The highest BCUT2D eigenvalue weighted by atomic mass is 32.2. The lowest BCUT2D eigenvalue weighted by Crippen LogP contribution is -2.25. The first-order valence-corrected chi connectivity index (χ1v) is 7.63. The summed E-state index contributed by atoms with van der Waals surface area (Å²) >= 11 is 0. The van der Waals surface area contributed by atoms with Gasteiger partial charge in [-0.3, -0.25) is 0 Å². The highest BCUT2D eigenvalue weighted by Crippen LogP contribution is 2.16. The van der Waals surface area contributed by atoms with Crippen molar-refractivity contribution in [1.82, 2.24) is 5.32 Å². The molecule has 0 saturated carbocycles. The van der Waals surface area contributed by atoms with Gasteiger partial charge in [0.2, 0.25) is 0 Å². The van der Waals surface area contributed by atoms with Crippen LogP contribution in [0.1, 0.15) is 6.92 Å². The Kier molecular flexibility index (Phi) is 6.11. The van der Waals surface area contributed by atoms with Crippen LogP contribution in [0.4, 0.5) is 5.69 Å². The molecule has 0 amide bonds. The average molecular weight is 272 g/mol. The van der Waals surface area contributed by atoms with Crippen LogP contribution in [-0.2, 0) is 9.84 Å². The summed E-state index contributed by atoms with van der Waals surface area (Å²) < 4.78 is 24.0. The fraction of sp³-hybridized carbons (Fsp3) is 0.500. The summed E-state index contributed by atoms with van der Waals surface area (Å²) in [6.45, 7) is 3.47. The Bertz CT molecular complexity index is 460. The molecule has 0 radical (unpaired) electrons. The van der Waals surface area contributed by atoms with Gasteiger partial charge >= 0.3 is 0 Å². The summed E-state index contributed by atoms with van der Waals surface area (Å²) in [5, 5.41) is 14.5. The van der Waals surface area contributed by atoms with Crippen LogP contribution in [0.3, 0.4) is 0 Å². The van der Waals surface area contributed by atoms with E-state index in [-0.39, 0.29) is 12.4 Å². The lowest BCUT2D eigenvalue weighted by molar-refractivity contribution is 0.293. The van der Waals surface area contributed by atoms with E-state index in [4.69, 9.17) is 5.11 Å². The predicted octanol–water partition coefficient (Wildman–Crippen LogP) is 0.474. The summed E-state index contributed by atoms with van der Waals surface area (Å²) in [4.78, 5) is 0.326. The van der Waals surface area contributed by atoms with Crippen molar-refractivity contribution in [2.75, 3.05) is 37.3 Å². The Hall–Kier alpha value is -1.11. The monoisotopic (exact) mass is 272 g/mol. The van der Waals surface area contributed by atoms with E-state index in [0.29, 0.717) is 18.0 Å². The van der Waals surface area contributed by atoms with Gasteiger partial charge in [-0.1, -0.05) is 6.07 Å². The third kappa shape index (κ3) is 4.64. The Morgan fingerprint density at radius 1 is 1.28 bits per heavy atom. The Balaban J connectivity index is 2.69. The minimum Gasteiger partial charge on any atom is -0.395 e. The Morgan fingerprint density at radius 2 is 2.06 bits per heavy atom. The molecule has 0 aliphatic heterocycles. The summed E-state index contributed by atoms with van der Waals surface area (Å²) in [6.07, 6.45) is 0. The molecule has 0 spiro atoms. The van der Waals surface area contributed by atoms with Crippen LogP contribution in [0.2, 0.25) is 0 Å².